The van der Waals surface area contributed by atoms with Gasteiger partial charge in [0.2, 0.25) is 0 Å². The third-order valence-electron chi connectivity index (χ3n) is 4.52. The van der Waals surface area contributed by atoms with Gasteiger partial charge in [-0.15, -0.1) is 0 Å². The van der Waals surface area contributed by atoms with E-state index in [1.807, 2.05) is 27.7 Å². The highest BCUT2D eigenvalue weighted by molar-refractivity contribution is 6.50. The van der Waals surface area contributed by atoms with Crippen molar-refractivity contribution in [1.29, 1.82) is 0 Å². The van der Waals surface area contributed by atoms with Crippen molar-refractivity contribution in [2.45, 2.75) is 50.6 Å². The second kappa shape index (κ2) is 4.32. The Morgan fingerprint density at radius 2 is 1.80 bits per heavy atom. The molecule has 0 N–H and O–H groups in total. The number of alkyl halides is 1. The molecule has 110 valence electrons. The first-order chi connectivity index (χ1) is 9.26. The zero-order chi connectivity index (χ0) is 14.6. The van der Waals surface area contributed by atoms with Crippen LogP contribution in [0.4, 0.5) is 4.39 Å². The normalized spacial score (nSPS) is 38.1. The smallest absolute Gasteiger partial charge is 0.493 e. The first-order valence-corrected chi connectivity index (χ1v) is 6.95. The number of rotatable bonds is 1. The lowest BCUT2D eigenvalue weighted by Gasteiger charge is -2.38. The molecule has 0 amide bonds. The molecule has 3 rings (SSSR count). The molecule has 2 aliphatic heterocycles. The van der Waals surface area contributed by atoms with Gasteiger partial charge in [0, 0.05) is 0 Å². The van der Waals surface area contributed by atoms with E-state index in [-0.39, 0.29) is 0 Å². The quantitative estimate of drug-likeness (QED) is 0.691. The fourth-order valence-corrected chi connectivity index (χ4v) is 2.57. The Labute approximate surface area is 119 Å². The summed E-state index contributed by atoms with van der Waals surface area (Å²) in [5, 5.41) is 0. The fourth-order valence-electron chi connectivity index (χ4n) is 2.57. The minimum absolute atomic E-state index is 0.362. The molecule has 0 saturated carbocycles. The van der Waals surface area contributed by atoms with E-state index < -0.39 is 30.0 Å². The fraction of sp³-hybridized carbons (Fsp3) is 0.714. The Hall–Kier alpha value is -0.845. The van der Waals surface area contributed by atoms with Crippen LogP contribution in [-0.2, 0) is 18.8 Å². The Bertz CT molecular complexity index is 458. The van der Waals surface area contributed by atoms with Gasteiger partial charge in [-0.25, -0.2) is 4.39 Å². The topological polar surface area (TPSA) is 36.9 Å². The van der Waals surface area contributed by atoms with E-state index in [2.05, 4.69) is 0 Å². The van der Waals surface area contributed by atoms with Gasteiger partial charge in [0.05, 0.1) is 17.8 Å². The number of halogens is 1. The molecule has 2 heterocycles. The minimum atomic E-state index is -1.88. The number of hydrogen-bond donors (Lipinski definition) is 0. The highest BCUT2D eigenvalue weighted by Gasteiger charge is 2.64. The van der Waals surface area contributed by atoms with E-state index in [0.29, 0.717) is 19.0 Å². The predicted octanol–water partition coefficient (Wildman–Crippen LogP) is 2.20. The van der Waals surface area contributed by atoms with Gasteiger partial charge in [-0.2, -0.15) is 0 Å². The monoisotopic (exact) mass is 282 g/mol. The van der Waals surface area contributed by atoms with Gasteiger partial charge >= 0.3 is 7.12 Å². The van der Waals surface area contributed by atoms with Crippen LogP contribution in [0.3, 0.4) is 0 Å². The summed E-state index contributed by atoms with van der Waals surface area (Å²) in [6, 6.07) is 0. The van der Waals surface area contributed by atoms with Gasteiger partial charge in [0.25, 0.3) is 0 Å². The van der Waals surface area contributed by atoms with E-state index in [1.54, 1.807) is 12.2 Å². The molecule has 6 heteroatoms. The van der Waals surface area contributed by atoms with Crippen LogP contribution in [0.25, 0.3) is 0 Å². The molecule has 3 aliphatic rings. The molecule has 0 aromatic carbocycles. The van der Waals surface area contributed by atoms with Gasteiger partial charge in [-0.1, -0.05) is 6.08 Å². The van der Waals surface area contributed by atoms with Crippen LogP contribution in [0.5, 0.6) is 0 Å². The summed E-state index contributed by atoms with van der Waals surface area (Å²) >= 11 is 0. The van der Waals surface area contributed by atoms with Crippen molar-refractivity contribution in [3.8, 4) is 0 Å². The Morgan fingerprint density at radius 1 is 1.15 bits per heavy atom. The molecule has 2 fully saturated rings. The van der Waals surface area contributed by atoms with Crippen molar-refractivity contribution in [1.82, 2.24) is 0 Å². The van der Waals surface area contributed by atoms with Crippen LogP contribution < -0.4 is 0 Å². The lowest BCUT2D eigenvalue weighted by atomic mass is 9.63. The second-order valence-corrected chi connectivity index (χ2v) is 6.44. The number of fused-ring (bicyclic) bond motifs is 1. The lowest BCUT2D eigenvalue weighted by molar-refractivity contribution is -0.0842. The average molecular weight is 282 g/mol. The molecular formula is C14H20BFO4. The lowest BCUT2D eigenvalue weighted by Crippen LogP contribution is -2.56. The zero-order valence-corrected chi connectivity index (χ0v) is 12.3. The van der Waals surface area contributed by atoms with Crippen LogP contribution in [0.1, 0.15) is 27.7 Å². The predicted molar refractivity (Wildman–Crippen MR) is 72.8 cm³/mol. The SMILES string of the molecule is CC1(C)OB(C2(F)C=CC=C3OCCOC32)OC1(C)C. The molecule has 0 radical (unpaired) electrons. The number of hydrogen-bond acceptors (Lipinski definition) is 4. The van der Waals surface area contributed by atoms with Gasteiger partial charge in [0.15, 0.2) is 11.7 Å². The van der Waals surface area contributed by atoms with E-state index in [4.69, 9.17) is 18.8 Å². The highest BCUT2D eigenvalue weighted by atomic mass is 19.1. The molecule has 2 atom stereocenters. The summed E-state index contributed by atoms with van der Waals surface area (Å²) in [6.07, 6.45) is 3.99. The first-order valence-electron chi connectivity index (χ1n) is 6.95. The third kappa shape index (κ3) is 1.93. The van der Waals surface area contributed by atoms with Crippen LogP contribution in [0.15, 0.2) is 24.0 Å². The molecule has 0 aromatic heterocycles. The van der Waals surface area contributed by atoms with Crippen LogP contribution in [-0.4, -0.2) is 43.2 Å². The minimum Gasteiger partial charge on any atom is -0.493 e. The van der Waals surface area contributed by atoms with E-state index in [0.717, 1.165) is 0 Å². The van der Waals surface area contributed by atoms with Gasteiger partial charge in [0.1, 0.15) is 12.4 Å². The molecule has 0 spiro atoms. The van der Waals surface area contributed by atoms with Crippen molar-refractivity contribution in [3.63, 3.8) is 0 Å². The summed E-state index contributed by atoms with van der Waals surface area (Å²) in [5.74, 6) is 0.496. The van der Waals surface area contributed by atoms with Crippen molar-refractivity contribution < 1.29 is 23.2 Å². The Kier molecular flexibility index (Phi) is 3.05. The van der Waals surface area contributed by atoms with Crippen molar-refractivity contribution in [2.75, 3.05) is 13.2 Å². The highest BCUT2D eigenvalue weighted by Crippen LogP contribution is 2.45. The van der Waals surface area contributed by atoms with Crippen molar-refractivity contribution in [3.05, 3.63) is 24.0 Å². The van der Waals surface area contributed by atoms with Gasteiger partial charge < -0.3 is 18.8 Å². The summed E-state index contributed by atoms with van der Waals surface area (Å²) in [5.41, 5.74) is -3.04. The number of ether oxygens (including phenoxy) is 2. The van der Waals surface area contributed by atoms with Gasteiger partial charge in [-0.3, -0.25) is 0 Å². The zero-order valence-electron chi connectivity index (χ0n) is 12.3. The Morgan fingerprint density at radius 3 is 2.45 bits per heavy atom. The molecule has 20 heavy (non-hydrogen) atoms. The molecule has 1 aliphatic carbocycles. The maximum Gasteiger partial charge on any atom is 0.505 e. The molecule has 2 unspecified atom stereocenters. The standard InChI is InChI=1S/C14H20BFO4/c1-12(2)13(3,4)20-15(19-12)14(16)7-5-6-10-11(14)18-9-8-17-10/h5-7,11H,8-9H2,1-4H3. The molecule has 2 saturated heterocycles. The first kappa shape index (κ1) is 14.1. The second-order valence-electron chi connectivity index (χ2n) is 6.44. The number of allylic oxidation sites excluding steroid dienone is 2. The van der Waals surface area contributed by atoms with Crippen LogP contribution >= 0.6 is 0 Å². The molecule has 0 bridgehead atoms. The van der Waals surface area contributed by atoms with Crippen molar-refractivity contribution >= 4 is 7.12 Å². The van der Waals surface area contributed by atoms with Crippen LogP contribution in [0, 0.1) is 0 Å². The summed E-state index contributed by atoms with van der Waals surface area (Å²) in [4.78, 5) is 0. The van der Waals surface area contributed by atoms with Crippen molar-refractivity contribution in [2.24, 2.45) is 0 Å². The third-order valence-corrected chi connectivity index (χ3v) is 4.52. The summed E-state index contributed by atoms with van der Waals surface area (Å²) in [7, 11) is -1.01. The van der Waals surface area contributed by atoms with Gasteiger partial charge in [-0.05, 0) is 39.8 Å². The van der Waals surface area contributed by atoms with E-state index in [9.17, 15) is 0 Å². The molecular weight excluding hydrogens is 262 g/mol. The maximum atomic E-state index is 15.5. The molecule has 4 nitrogen and oxygen atoms in total. The van der Waals surface area contributed by atoms with E-state index >= 15 is 4.39 Å². The maximum absolute atomic E-state index is 15.5. The van der Waals surface area contributed by atoms with E-state index in [1.165, 1.54) is 6.08 Å². The average Bonchev–Trinajstić information content (AvgIpc) is 2.60. The largest absolute Gasteiger partial charge is 0.505 e. The summed E-state index contributed by atoms with van der Waals surface area (Å²) in [6.45, 7) is 8.40. The Balaban J connectivity index is 1.90. The molecule has 0 aromatic rings. The summed E-state index contributed by atoms with van der Waals surface area (Å²) < 4.78 is 38.2. The van der Waals surface area contributed by atoms with Crippen LogP contribution in [0.2, 0.25) is 0 Å².